The van der Waals surface area contributed by atoms with Crippen LogP contribution in [0.2, 0.25) is 10.0 Å². The van der Waals surface area contributed by atoms with Crippen LogP contribution in [0.25, 0.3) is 11.0 Å². The second-order valence-electron chi connectivity index (χ2n) is 3.88. The van der Waals surface area contributed by atoms with E-state index in [1.807, 2.05) is 0 Å². The Morgan fingerprint density at radius 1 is 1.44 bits per heavy atom. The monoisotopic (exact) mass is 288 g/mol. The van der Waals surface area contributed by atoms with E-state index >= 15 is 0 Å². The highest BCUT2D eigenvalue weighted by Gasteiger charge is 2.17. The summed E-state index contributed by atoms with van der Waals surface area (Å²) in [6.45, 7) is 1.22. The number of halogens is 2. The van der Waals surface area contributed by atoms with Gasteiger partial charge in [0.2, 0.25) is 0 Å². The van der Waals surface area contributed by atoms with Crippen LogP contribution in [0, 0.1) is 0 Å². The molecular formula is C11H10Cl2N2O3. The largest absolute Gasteiger partial charge is 0.480 e. The van der Waals surface area contributed by atoms with Crippen molar-refractivity contribution in [1.82, 2.24) is 9.55 Å². The zero-order chi connectivity index (χ0) is 13.4. The van der Waals surface area contributed by atoms with Crippen LogP contribution in [0.1, 0.15) is 18.9 Å². The fraction of sp³-hybridized carbons (Fsp3) is 0.273. The van der Waals surface area contributed by atoms with Crippen molar-refractivity contribution in [2.45, 2.75) is 19.6 Å². The molecule has 2 aromatic rings. The molecule has 0 spiro atoms. The van der Waals surface area contributed by atoms with Gasteiger partial charge in [-0.05, 0) is 19.1 Å². The fourth-order valence-electron chi connectivity index (χ4n) is 1.76. The molecule has 96 valence electrons. The third-order valence-electron chi connectivity index (χ3n) is 2.49. The molecule has 0 saturated carbocycles. The first kappa shape index (κ1) is 13.1. The van der Waals surface area contributed by atoms with Gasteiger partial charge in [-0.15, -0.1) is 0 Å². The number of aromatic nitrogens is 2. The van der Waals surface area contributed by atoms with E-state index in [1.54, 1.807) is 12.1 Å². The molecule has 0 saturated heterocycles. The van der Waals surface area contributed by atoms with Crippen molar-refractivity contribution in [3.05, 3.63) is 28.0 Å². The van der Waals surface area contributed by atoms with Crippen LogP contribution in [0.5, 0.6) is 0 Å². The van der Waals surface area contributed by atoms with E-state index in [-0.39, 0.29) is 12.4 Å². The van der Waals surface area contributed by atoms with Gasteiger partial charge in [0.25, 0.3) is 0 Å². The summed E-state index contributed by atoms with van der Waals surface area (Å²) in [7, 11) is 0. The molecule has 0 aliphatic rings. The number of nitrogens with zero attached hydrogens (tertiary/aromatic N) is 2. The van der Waals surface area contributed by atoms with Crippen molar-refractivity contribution in [3.8, 4) is 0 Å². The molecule has 0 aliphatic heterocycles. The lowest BCUT2D eigenvalue weighted by Gasteiger charge is -2.08. The first-order chi connectivity index (χ1) is 8.40. The third-order valence-corrected chi connectivity index (χ3v) is 3.21. The van der Waals surface area contributed by atoms with Crippen LogP contribution in [0.15, 0.2) is 12.1 Å². The summed E-state index contributed by atoms with van der Waals surface area (Å²) in [5.74, 6) is -0.756. The smallest absolute Gasteiger partial charge is 0.323 e. The fourth-order valence-corrected chi connectivity index (χ4v) is 2.07. The number of aliphatic carboxylic acids is 1. The second kappa shape index (κ2) is 4.76. The van der Waals surface area contributed by atoms with Crippen molar-refractivity contribution in [2.75, 3.05) is 0 Å². The molecule has 1 unspecified atom stereocenters. The number of fused-ring (bicyclic) bond motifs is 1. The lowest BCUT2D eigenvalue weighted by Crippen LogP contribution is -2.13. The molecule has 1 aromatic heterocycles. The van der Waals surface area contributed by atoms with Crippen LogP contribution in [-0.4, -0.2) is 25.7 Å². The summed E-state index contributed by atoms with van der Waals surface area (Å²) in [5.41, 5.74) is 1.03. The number of hydrogen-bond acceptors (Lipinski definition) is 3. The number of imidazole rings is 1. The topological polar surface area (TPSA) is 75.4 Å². The number of hydrogen-bond donors (Lipinski definition) is 2. The molecule has 2 N–H and O–H groups in total. The van der Waals surface area contributed by atoms with Crippen molar-refractivity contribution in [1.29, 1.82) is 0 Å². The number of benzene rings is 1. The maximum atomic E-state index is 10.8. The van der Waals surface area contributed by atoms with E-state index in [2.05, 4.69) is 4.98 Å². The second-order valence-corrected chi connectivity index (χ2v) is 4.70. The Labute approximate surface area is 113 Å². The van der Waals surface area contributed by atoms with E-state index in [9.17, 15) is 9.90 Å². The van der Waals surface area contributed by atoms with Gasteiger partial charge in [-0.1, -0.05) is 23.2 Å². The molecule has 0 radical (unpaired) electrons. The van der Waals surface area contributed by atoms with E-state index in [0.717, 1.165) is 0 Å². The van der Waals surface area contributed by atoms with Crippen LogP contribution in [0.3, 0.4) is 0 Å². The maximum Gasteiger partial charge on any atom is 0.323 e. The number of carboxylic acid groups (broad SMARTS) is 1. The van der Waals surface area contributed by atoms with Gasteiger partial charge < -0.3 is 14.8 Å². The minimum absolute atomic E-state index is 0.269. The summed E-state index contributed by atoms with van der Waals surface area (Å²) in [5, 5.41) is 19.1. The van der Waals surface area contributed by atoms with Gasteiger partial charge in [0, 0.05) is 0 Å². The molecule has 1 aromatic carbocycles. The van der Waals surface area contributed by atoms with Gasteiger partial charge in [-0.2, -0.15) is 0 Å². The van der Waals surface area contributed by atoms with Crippen LogP contribution < -0.4 is 0 Å². The van der Waals surface area contributed by atoms with E-state index in [4.69, 9.17) is 28.3 Å². The van der Waals surface area contributed by atoms with E-state index in [0.29, 0.717) is 21.1 Å². The average Bonchev–Trinajstić information content (AvgIpc) is 2.57. The molecule has 1 heterocycles. The first-order valence-corrected chi connectivity index (χ1v) is 5.90. The number of carboxylic acids is 1. The lowest BCUT2D eigenvalue weighted by molar-refractivity contribution is -0.137. The summed E-state index contributed by atoms with van der Waals surface area (Å²) in [6, 6.07) is 3.09. The predicted molar refractivity (Wildman–Crippen MR) is 68.0 cm³/mol. The predicted octanol–water partition coefficient (Wildman–Crippen LogP) is 2.48. The van der Waals surface area contributed by atoms with Gasteiger partial charge in [0.05, 0.1) is 21.1 Å². The highest BCUT2D eigenvalue weighted by molar-refractivity contribution is 6.42. The van der Waals surface area contributed by atoms with Crippen LogP contribution >= 0.6 is 23.2 Å². The molecule has 18 heavy (non-hydrogen) atoms. The van der Waals surface area contributed by atoms with Crippen LogP contribution in [0.4, 0.5) is 0 Å². The molecule has 0 aliphatic carbocycles. The molecular weight excluding hydrogens is 279 g/mol. The van der Waals surface area contributed by atoms with E-state index < -0.39 is 12.1 Å². The van der Waals surface area contributed by atoms with Crippen molar-refractivity contribution >= 4 is 40.2 Å². The maximum absolute atomic E-state index is 10.8. The highest BCUT2D eigenvalue weighted by Crippen LogP contribution is 2.29. The zero-order valence-electron chi connectivity index (χ0n) is 9.39. The van der Waals surface area contributed by atoms with Crippen LogP contribution in [-0.2, 0) is 11.3 Å². The molecule has 0 amide bonds. The summed E-state index contributed by atoms with van der Waals surface area (Å²) in [4.78, 5) is 15.0. The Morgan fingerprint density at radius 3 is 2.61 bits per heavy atom. The Kier molecular flexibility index (Phi) is 3.47. The van der Waals surface area contributed by atoms with Gasteiger partial charge in [-0.3, -0.25) is 4.79 Å². The Bertz CT molecular complexity index is 622. The Balaban J connectivity index is 2.72. The van der Waals surface area contributed by atoms with Crippen molar-refractivity contribution in [2.24, 2.45) is 0 Å². The quantitative estimate of drug-likeness (QED) is 0.910. The first-order valence-electron chi connectivity index (χ1n) is 5.15. The lowest BCUT2D eigenvalue weighted by atomic mass is 10.3. The van der Waals surface area contributed by atoms with Gasteiger partial charge in [0.1, 0.15) is 18.5 Å². The minimum Gasteiger partial charge on any atom is -0.480 e. The highest BCUT2D eigenvalue weighted by atomic mass is 35.5. The molecule has 5 nitrogen and oxygen atoms in total. The summed E-state index contributed by atoms with van der Waals surface area (Å²) in [6.07, 6.45) is -0.880. The zero-order valence-corrected chi connectivity index (χ0v) is 10.9. The standard InChI is InChI=1S/C11H10Cl2N2O3/c1-5(16)11-14-8-2-6(12)7(13)3-9(8)15(11)4-10(17)18/h2-3,5,16H,4H2,1H3,(H,17,18). The molecule has 0 fully saturated rings. The SMILES string of the molecule is CC(O)c1nc2cc(Cl)c(Cl)cc2n1CC(=O)O. The number of rotatable bonds is 3. The molecule has 1 atom stereocenters. The average molecular weight is 289 g/mol. The summed E-state index contributed by atoms with van der Waals surface area (Å²) < 4.78 is 1.41. The van der Waals surface area contributed by atoms with Crippen molar-refractivity contribution < 1.29 is 15.0 Å². The van der Waals surface area contributed by atoms with Gasteiger partial charge in [-0.25, -0.2) is 4.98 Å². The Hall–Kier alpha value is -1.30. The molecule has 2 rings (SSSR count). The number of aliphatic hydroxyl groups excluding tert-OH is 1. The number of carbonyl (C=O) groups is 1. The van der Waals surface area contributed by atoms with Crippen molar-refractivity contribution in [3.63, 3.8) is 0 Å². The Morgan fingerprint density at radius 2 is 2.06 bits per heavy atom. The minimum atomic E-state index is -1.03. The van der Waals surface area contributed by atoms with E-state index in [1.165, 1.54) is 11.5 Å². The number of aliphatic hydroxyl groups is 1. The molecule has 0 bridgehead atoms. The van der Waals surface area contributed by atoms with Gasteiger partial charge in [0.15, 0.2) is 0 Å². The van der Waals surface area contributed by atoms with Gasteiger partial charge >= 0.3 is 5.97 Å². The normalized spacial score (nSPS) is 12.9. The summed E-state index contributed by atoms with van der Waals surface area (Å²) >= 11 is 11.8. The third kappa shape index (κ3) is 2.29. The molecule has 7 heteroatoms.